The lowest BCUT2D eigenvalue weighted by molar-refractivity contribution is 0.126. The number of hydrogen-bond donors (Lipinski definition) is 1. The quantitative estimate of drug-likeness (QED) is 0.806. The monoisotopic (exact) mass is 224 g/mol. The fourth-order valence-electron chi connectivity index (χ4n) is 1.51. The third-order valence-corrected chi connectivity index (χ3v) is 2.35. The Bertz CT molecular complexity index is 323. The number of ether oxygens (including phenoxy) is 2. The summed E-state index contributed by atoms with van der Waals surface area (Å²) in [4.78, 5) is 0. The van der Waals surface area contributed by atoms with E-state index in [-0.39, 0.29) is 12.7 Å². The average Bonchev–Trinajstić information content (AvgIpc) is 2.31. The first kappa shape index (κ1) is 12.8. The maximum absolute atomic E-state index is 8.93. The van der Waals surface area contributed by atoms with Gasteiger partial charge in [0.05, 0.1) is 13.7 Å². The van der Waals surface area contributed by atoms with Crippen LogP contribution in [0.3, 0.4) is 0 Å². The van der Waals surface area contributed by atoms with Crippen LogP contribution in [0.1, 0.15) is 25.8 Å². The second kappa shape index (κ2) is 6.38. The molecule has 0 bridgehead atoms. The third-order valence-electron chi connectivity index (χ3n) is 2.35. The predicted molar refractivity (Wildman–Crippen MR) is 64.2 cm³/mol. The van der Waals surface area contributed by atoms with E-state index in [1.54, 1.807) is 7.11 Å². The van der Waals surface area contributed by atoms with Gasteiger partial charge < -0.3 is 14.6 Å². The lowest BCUT2D eigenvalue weighted by Gasteiger charge is -2.15. The van der Waals surface area contributed by atoms with E-state index < -0.39 is 0 Å². The highest BCUT2D eigenvalue weighted by Gasteiger charge is 2.08. The van der Waals surface area contributed by atoms with Crippen LogP contribution in [0.15, 0.2) is 18.2 Å². The second-order valence-electron chi connectivity index (χ2n) is 3.85. The van der Waals surface area contributed by atoms with Gasteiger partial charge in [0.15, 0.2) is 11.5 Å². The average molecular weight is 224 g/mol. The van der Waals surface area contributed by atoms with Gasteiger partial charge in [-0.05, 0) is 31.0 Å². The van der Waals surface area contributed by atoms with Crippen LogP contribution in [0.4, 0.5) is 0 Å². The molecule has 0 fully saturated rings. The molecule has 90 valence electrons. The van der Waals surface area contributed by atoms with Crippen molar-refractivity contribution >= 4 is 0 Å². The Kier molecular flexibility index (Phi) is 5.12. The van der Waals surface area contributed by atoms with E-state index in [0.717, 1.165) is 18.6 Å². The fraction of sp³-hybridized carbons (Fsp3) is 0.538. The molecule has 1 atom stereocenters. The molecule has 3 heteroatoms. The molecule has 3 nitrogen and oxygen atoms in total. The molecular formula is C13H20O3. The van der Waals surface area contributed by atoms with E-state index in [1.165, 1.54) is 5.56 Å². The van der Waals surface area contributed by atoms with E-state index in [1.807, 2.05) is 25.1 Å². The van der Waals surface area contributed by atoms with Gasteiger partial charge in [0.1, 0.15) is 6.10 Å². The van der Waals surface area contributed by atoms with Gasteiger partial charge in [0, 0.05) is 0 Å². The maximum atomic E-state index is 8.93. The molecule has 0 unspecified atom stereocenters. The largest absolute Gasteiger partial charge is 0.493 e. The fourth-order valence-corrected chi connectivity index (χ4v) is 1.51. The van der Waals surface area contributed by atoms with Crippen molar-refractivity contribution in [1.29, 1.82) is 0 Å². The summed E-state index contributed by atoms with van der Waals surface area (Å²) in [6, 6.07) is 5.92. The van der Waals surface area contributed by atoms with Crippen molar-refractivity contribution in [2.75, 3.05) is 13.7 Å². The summed E-state index contributed by atoms with van der Waals surface area (Å²) < 4.78 is 10.8. The highest BCUT2D eigenvalue weighted by molar-refractivity contribution is 5.43. The summed E-state index contributed by atoms with van der Waals surface area (Å²) in [5.74, 6) is 1.41. The zero-order valence-electron chi connectivity index (χ0n) is 10.2. The Hall–Kier alpha value is -1.22. The highest BCUT2D eigenvalue weighted by atomic mass is 16.5. The molecule has 0 radical (unpaired) electrons. The van der Waals surface area contributed by atoms with E-state index in [4.69, 9.17) is 14.6 Å². The van der Waals surface area contributed by atoms with Crippen LogP contribution in [0.25, 0.3) is 0 Å². The first-order valence-electron chi connectivity index (χ1n) is 5.65. The number of hydrogen-bond acceptors (Lipinski definition) is 3. The zero-order chi connectivity index (χ0) is 12.0. The smallest absolute Gasteiger partial charge is 0.161 e. The zero-order valence-corrected chi connectivity index (χ0v) is 10.2. The molecule has 1 aromatic rings. The molecule has 1 rings (SSSR count). The van der Waals surface area contributed by atoms with Crippen LogP contribution < -0.4 is 9.47 Å². The van der Waals surface area contributed by atoms with Gasteiger partial charge in [-0.3, -0.25) is 0 Å². The van der Waals surface area contributed by atoms with E-state index in [2.05, 4.69) is 6.92 Å². The van der Waals surface area contributed by atoms with E-state index >= 15 is 0 Å². The van der Waals surface area contributed by atoms with Crippen molar-refractivity contribution in [2.45, 2.75) is 32.8 Å². The van der Waals surface area contributed by atoms with Crippen LogP contribution in [-0.2, 0) is 6.42 Å². The van der Waals surface area contributed by atoms with Gasteiger partial charge in [-0.1, -0.05) is 19.4 Å². The number of aryl methyl sites for hydroxylation is 1. The predicted octanol–water partition coefficient (Wildman–Crippen LogP) is 2.41. The minimum Gasteiger partial charge on any atom is -0.493 e. The first-order valence-corrected chi connectivity index (χ1v) is 5.65. The van der Waals surface area contributed by atoms with Crippen molar-refractivity contribution < 1.29 is 14.6 Å². The molecular weight excluding hydrogens is 204 g/mol. The summed E-state index contributed by atoms with van der Waals surface area (Å²) in [6.07, 6.45) is 1.92. The molecule has 1 N–H and O–H groups in total. The van der Waals surface area contributed by atoms with Crippen LogP contribution in [-0.4, -0.2) is 24.9 Å². The molecule has 0 aliphatic rings. The van der Waals surface area contributed by atoms with Crippen LogP contribution in [0, 0.1) is 0 Å². The van der Waals surface area contributed by atoms with Gasteiger partial charge in [-0.15, -0.1) is 0 Å². The number of aliphatic hydroxyl groups excluding tert-OH is 1. The first-order chi connectivity index (χ1) is 7.71. The molecule has 0 amide bonds. The summed E-state index contributed by atoms with van der Waals surface area (Å²) in [5, 5.41) is 8.93. The molecule has 0 saturated heterocycles. The van der Waals surface area contributed by atoms with Gasteiger partial charge in [0.2, 0.25) is 0 Å². The second-order valence-corrected chi connectivity index (χ2v) is 3.85. The third kappa shape index (κ3) is 3.42. The maximum Gasteiger partial charge on any atom is 0.161 e. The van der Waals surface area contributed by atoms with Gasteiger partial charge >= 0.3 is 0 Å². The number of aliphatic hydroxyl groups is 1. The van der Waals surface area contributed by atoms with Gasteiger partial charge in [-0.25, -0.2) is 0 Å². The Morgan fingerprint density at radius 1 is 1.31 bits per heavy atom. The molecule has 1 aromatic carbocycles. The molecule has 0 spiro atoms. The Balaban J connectivity index is 2.84. The van der Waals surface area contributed by atoms with E-state index in [9.17, 15) is 0 Å². The normalized spacial score (nSPS) is 12.2. The highest BCUT2D eigenvalue weighted by Crippen LogP contribution is 2.29. The molecule has 0 aliphatic carbocycles. The molecule has 16 heavy (non-hydrogen) atoms. The van der Waals surface area contributed by atoms with Crippen molar-refractivity contribution in [3.63, 3.8) is 0 Å². The van der Waals surface area contributed by atoms with Crippen LogP contribution in [0.5, 0.6) is 11.5 Å². The van der Waals surface area contributed by atoms with Crippen LogP contribution >= 0.6 is 0 Å². The van der Waals surface area contributed by atoms with Gasteiger partial charge in [0.25, 0.3) is 0 Å². The summed E-state index contributed by atoms with van der Waals surface area (Å²) in [5.41, 5.74) is 1.24. The Labute approximate surface area is 97.0 Å². The number of benzene rings is 1. The summed E-state index contributed by atoms with van der Waals surface area (Å²) in [7, 11) is 1.63. The standard InChI is InChI=1S/C13H20O3/c1-4-5-11-6-7-12(13(8-11)15-3)16-10(2)9-14/h6-8,10,14H,4-5,9H2,1-3H3/t10-/m1/s1. The van der Waals surface area contributed by atoms with Crippen molar-refractivity contribution in [3.05, 3.63) is 23.8 Å². The molecule has 0 saturated carbocycles. The molecule has 0 aromatic heterocycles. The van der Waals surface area contributed by atoms with Gasteiger partial charge in [-0.2, -0.15) is 0 Å². The summed E-state index contributed by atoms with van der Waals surface area (Å²) in [6.45, 7) is 3.96. The molecule has 0 aliphatic heterocycles. The van der Waals surface area contributed by atoms with Crippen molar-refractivity contribution in [2.24, 2.45) is 0 Å². The molecule has 0 heterocycles. The summed E-state index contributed by atoms with van der Waals surface area (Å²) >= 11 is 0. The lowest BCUT2D eigenvalue weighted by Crippen LogP contribution is -2.16. The van der Waals surface area contributed by atoms with Crippen molar-refractivity contribution in [1.82, 2.24) is 0 Å². The Morgan fingerprint density at radius 3 is 2.62 bits per heavy atom. The minimum absolute atomic E-state index is 0.000133. The number of methoxy groups -OCH3 is 1. The van der Waals surface area contributed by atoms with Crippen LogP contribution in [0.2, 0.25) is 0 Å². The SMILES string of the molecule is CCCc1ccc(O[C@H](C)CO)c(OC)c1. The Morgan fingerprint density at radius 2 is 2.06 bits per heavy atom. The lowest BCUT2D eigenvalue weighted by atomic mass is 10.1. The minimum atomic E-state index is -0.217. The van der Waals surface area contributed by atoms with Crippen molar-refractivity contribution in [3.8, 4) is 11.5 Å². The number of rotatable bonds is 6. The van der Waals surface area contributed by atoms with E-state index in [0.29, 0.717) is 5.75 Å². The topological polar surface area (TPSA) is 38.7 Å².